The Morgan fingerprint density at radius 1 is 0.967 bits per heavy atom. The summed E-state index contributed by atoms with van der Waals surface area (Å²) in [5.41, 5.74) is 4.79. The molecule has 9 heteroatoms. The van der Waals surface area contributed by atoms with Gasteiger partial charge < -0.3 is 14.2 Å². The van der Waals surface area contributed by atoms with Crippen molar-refractivity contribution in [2.75, 3.05) is 11.9 Å². The standard InChI is InChI=1S/C21H23N3O6/c1-21(2,3)30-20(27)22-14-10-8-13(9-11-14)18(25)23-24-19(26)17-12-28-15-6-4-5-7-16(15)29-17/h4-11,17H,12H2,1-3H3,(H,22,27)(H,23,25)(H,24,26). The molecule has 0 saturated carbocycles. The predicted octanol–water partition coefficient (Wildman–Crippen LogP) is 2.63. The Morgan fingerprint density at radius 2 is 1.63 bits per heavy atom. The molecule has 3 rings (SSSR count). The van der Waals surface area contributed by atoms with Gasteiger partial charge in [-0.05, 0) is 57.2 Å². The largest absolute Gasteiger partial charge is 0.485 e. The van der Waals surface area contributed by atoms with Crippen molar-refractivity contribution in [3.05, 3.63) is 54.1 Å². The number of nitrogens with one attached hydrogen (secondary N) is 3. The zero-order valence-corrected chi connectivity index (χ0v) is 16.9. The summed E-state index contributed by atoms with van der Waals surface area (Å²) in [5.74, 6) is -0.0423. The zero-order chi connectivity index (χ0) is 21.7. The summed E-state index contributed by atoms with van der Waals surface area (Å²) in [6.07, 6.45) is -1.48. The van der Waals surface area contributed by atoms with Crippen LogP contribution < -0.4 is 25.6 Å². The van der Waals surface area contributed by atoms with E-state index in [-0.39, 0.29) is 12.2 Å². The number of rotatable bonds is 3. The molecule has 30 heavy (non-hydrogen) atoms. The number of hydrogen-bond donors (Lipinski definition) is 3. The molecule has 1 unspecified atom stereocenters. The van der Waals surface area contributed by atoms with Crippen LogP contribution in [0.15, 0.2) is 48.5 Å². The van der Waals surface area contributed by atoms with E-state index in [2.05, 4.69) is 16.2 Å². The lowest BCUT2D eigenvalue weighted by molar-refractivity contribution is -0.131. The van der Waals surface area contributed by atoms with E-state index in [4.69, 9.17) is 14.2 Å². The third-order valence-electron chi connectivity index (χ3n) is 3.89. The van der Waals surface area contributed by atoms with Gasteiger partial charge in [-0.1, -0.05) is 12.1 Å². The Kier molecular flexibility index (Phi) is 6.10. The van der Waals surface area contributed by atoms with Gasteiger partial charge >= 0.3 is 6.09 Å². The van der Waals surface area contributed by atoms with Gasteiger partial charge in [-0.25, -0.2) is 4.79 Å². The smallest absolute Gasteiger partial charge is 0.412 e. The molecule has 0 radical (unpaired) electrons. The number of benzene rings is 2. The molecule has 1 aliphatic heterocycles. The second-order valence-corrected chi connectivity index (χ2v) is 7.51. The number of para-hydroxylation sites is 2. The van der Waals surface area contributed by atoms with E-state index < -0.39 is 29.6 Å². The molecule has 0 spiro atoms. The van der Waals surface area contributed by atoms with Crippen LogP contribution in [0.5, 0.6) is 11.5 Å². The molecule has 2 aromatic rings. The van der Waals surface area contributed by atoms with Crippen LogP contribution in [0.1, 0.15) is 31.1 Å². The van der Waals surface area contributed by atoms with E-state index in [9.17, 15) is 14.4 Å². The molecular weight excluding hydrogens is 390 g/mol. The molecule has 0 aromatic heterocycles. The van der Waals surface area contributed by atoms with E-state index in [0.717, 1.165) is 0 Å². The van der Waals surface area contributed by atoms with Crippen molar-refractivity contribution in [2.45, 2.75) is 32.5 Å². The maximum Gasteiger partial charge on any atom is 0.412 e. The number of ether oxygens (including phenoxy) is 3. The Morgan fingerprint density at radius 3 is 2.30 bits per heavy atom. The maximum atomic E-state index is 12.2. The van der Waals surface area contributed by atoms with Crippen molar-refractivity contribution in [3.8, 4) is 11.5 Å². The minimum absolute atomic E-state index is 0.0315. The molecular formula is C21H23N3O6. The second kappa shape index (κ2) is 8.73. The van der Waals surface area contributed by atoms with Crippen molar-refractivity contribution >= 4 is 23.6 Å². The summed E-state index contributed by atoms with van der Waals surface area (Å²) in [4.78, 5) is 36.3. The fourth-order valence-corrected chi connectivity index (χ4v) is 2.55. The molecule has 0 aliphatic carbocycles. The van der Waals surface area contributed by atoms with Crippen molar-refractivity contribution in [1.82, 2.24) is 10.9 Å². The summed E-state index contributed by atoms with van der Waals surface area (Å²) in [6.45, 7) is 5.32. The molecule has 3 N–H and O–H groups in total. The van der Waals surface area contributed by atoms with Gasteiger partial charge in [0.25, 0.3) is 11.8 Å². The molecule has 2 aromatic carbocycles. The van der Waals surface area contributed by atoms with Gasteiger partial charge in [0.1, 0.15) is 12.2 Å². The number of amides is 3. The third kappa shape index (κ3) is 5.63. The number of carbonyl (C=O) groups is 3. The quantitative estimate of drug-likeness (QED) is 0.667. The maximum absolute atomic E-state index is 12.2. The van der Waals surface area contributed by atoms with Crippen molar-refractivity contribution in [2.24, 2.45) is 0 Å². The molecule has 1 aliphatic rings. The minimum atomic E-state index is -0.888. The van der Waals surface area contributed by atoms with Gasteiger partial charge in [-0.15, -0.1) is 0 Å². The Hall–Kier alpha value is -3.75. The zero-order valence-electron chi connectivity index (χ0n) is 16.9. The van der Waals surface area contributed by atoms with Crippen LogP contribution >= 0.6 is 0 Å². The molecule has 158 valence electrons. The summed E-state index contributed by atoms with van der Waals surface area (Å²) < 4.78 is 16.2. The van der Waals surface area contributed by atoms with Crippen LogP contribution in [0.25, 0.3) is 0 Å². The van der Waals surface area contributed by atoms with Crippen LogP contribution in [-0.2, 0) is 9.53 Å². The lowest BCUT2D eigenvalue weighted by Crippen LogP contribution is -2.50. The van der Waals surface area contributed by atoms with Crippen LogP contribution in [0, 0.1) is 0 Å². The molecule has 1 heterocycles. The molecule has 0 fully saturated rings. The number of carbonyl (C=O) groups excluding carboxylic acids is 3. The number of hydrazine groups is 1. The van der Waals surface area contributed by atoms with Gasteiger partial charge in [0.15, 0.2) is 11.5 Å². The predicted molar refractivity (Wildman–Crippen MR) is 108 cm³/mol. The highest BCUT2D eigenvalue weighted by Gasteiger charge is 2.27. The van der Waals surface area contributed by atoms with Gasteiger partial charge in [0.2, 0.25) is 6.10 Å². The van der Waals surface area contributed by atoms with Crippen LogP contribution in [0.4, 0.5) is 10.5 Å². The summed E-state index contributed by atoms with van der Waals surface area (Å²) >= 11 is 0. The monoisotopic (exact) mass is 413 g/mol. The van der Waals surface area contributed by atoms with Gasteiger partial charge in [-0.2, -0.15) is 0 Å². The van der Waals surface area contributed by atoms with Crippen molar-refractivity contribution in [1.29, 1.82) is 0 Å². The van der Waals surface area contributed by atoms with Crippen LogP contribution in [0.3, 0.4) is 0 Å². The van der Waals surface area contributed by atoms with E-state index in [1.807, 2.05) is 0 Å². The topological polar surface area (TPSA) is 115 Å². The second-order valence-electron chi connectivity index (χ2n) is 7.51. The summed E-state index contributed by atoms with van der Waals surface area (Å²) in [7, 11) is 0. The number of fused-ring (bicyclic) bond motifs is 1. The van der Waals surface area contributed by atoms with E-state index in [1.54, 1.807) is 57.2 Å². The van der Waals surface area contributed by atoms with Crippen molar-refractivity contribution < 1.29 is 28.6 Å². The van der Waals surface area contributed by atoms with Gasteiger partial charge in [-0.3, -0.25) is 25.8 Å². The normalized spacial score (nSPS) is 15.0. The van der Waals surface area contributed by atoms with Crippen molar-refractivity contribution in [3.63, 3.8) is 0 Å². The van der Waals surface area contributed by atoms with E-state index in [0.29, 0.717) is 17.2 Å². The molecule has 0 bridgehead atoms. The number of anilines is 1. The van der Waals surface area contributed by atoms with E-state index in [1.165, 1.54) is 12.1 Å². The van der Waals surface area contributed by atoms with Crippen LogP contribution in [0.2, 0.25) is 0 Å². The average Bonchev–Trinajstić information content (AvgIpc) is 2.70. The summed E-state index contributed by atoms with van der Waals surface area (Å²) in [5, 5.41) is 2.57. The fourth-order valence-electron chi connectivity index (χ4n) is 2.55. The summed E-state index contributed by atoms with van der Waals surface area (Å²) in [6, 6.07) is 13.1. The lowest BCUT2D eigenvalue weighted by Gasteiger charge is -2.25. The first-order chi connectivity index (χ1) is 14.2. The van der Waals surface area contributed by atoms with Crippen LogP contribution in [-0.4, -0.2) is 36.2 Å². The lowest BCUT2D eigenvalue weighted by atomic mass is 10.2. The molecule has 9 nitrogen and oxygen atoms in total. The van der Waals surface area contributed by atoms with Gasteiger partial charge in [0, 0.05) is 11.3 Å². The highest BCUT2D eigenvalue weighted by atomic mass is 16.6. The Labute approximate surface area is 173 Å². The first kappa shape index (κ1) is 21.0. The SMILES string of the molecule is CC(C)(C)OC(=O)Nc1ccc(C(=O)NNC(=O)C2COc3ccccc3O2)cc1. The fraction of sp³-hybridized carbons (Fsp3) is 0.286. The first-order valence-electron chi connectivity index (χ1n) is 9.30. The Balaban J connectivity index is 1.49. The molecule has 0 saturated heterocycles. The molecule has 3 amide bonds. The van der Waals surface area contributed by atoms with Gasteiger partial charge in [0.05, 0.1) is 0 Å². The first-order valence-corrected chi connectivity index (χ1v) is 9.30. The Bertz CT molecular complexity index is 937. The highest BCUT2D eigenvalue weighted by molar-refractivity contribution is 5.96. The highest BCUT2D eigenvalue weighted by Crippen LogP contribution is 2.30. The van der Waals surface area contributed by atoms with E-state index >= 15 is 0 Å². The number of hydrogen-bond acceptors (Lipinski definition) is 6. The average molecular weight is 413 g/mol. The molecule has 1 atom stereocenters. The minimum Gasteiger partial charge on any atom is -0.485 e. The third-order valence-corrected chi connectivity index (χ3v) is 3.89.